The Kier molecular flexibility index (Phi) is 5.19. The lowest BCUT2D eigenvalue weighted by Crippen LogP contribution is -2.24. The number of carbonyl (C=O) groups is 2. The van der Waals surface area contributed by atoms with E-state index in [1.165, 1.54) is 0 Å². The summed E-state index contributed by atoms with van der Waals surface area (Å²) in [5.41, 5.74) is -0.00195. The summed E-state index contributed by atoms with van der Waals surface area (Å²) in [4.78, 5) is 22.0. The maximum absolute atomic E-state index is 11.5. The molecule has 1 amide bonds. The second kappa shape index (κ2) is 6.67. The zero-order chi connectivity index (χ0) is 12.7. The number of aromatic nitrogens is 1. The fourth-order valence-electron chi connectivity index (χ4n) is 1.33. The standard InChI is InChI=1S/C11H16N2O4/c1-2-3-4-5-6-12-10(14)8-7-9(11(15)16)17-13-8/h7H,2-6H2,1H3,(H,12,14)(H,15,16). The maximum atomic E-state index is 11.5. The van der Waals surface area contributed by atoms with Gasteiger partial charge in [0.25, 0.3) is 5.91 Å². The van der Waals surface area contributed by atoms with Gasteiger partial charge in [0.2, 0.25) is 5.76 Å². The van der Waals surface area contributed by atoms with Gasteiger partial charge in [-0.2, -0.15) is 0 Å². The van der Waals surface area contributed by atoms with Crippen molar-refractivity contribution < 1.29 is 19.2 Å². The summed E-state index contributed by atoms with van der Waals surface area (Å²) >= 11 is 0. The molecule has 0 saturated heterocycles. The molecular weight excluding hydrogens is 224 g/mol. The van der Waals surface area contributed by atoms with E-state index < -0.39 is 11.9 Å². The van der Waals surface area contributed by atoms with Gasteiger partial charge in [0.1, 0.15) is 0 Å². The zero-order valence-corrected chi connectivity index (χ0v) is 9.73. The molecule has 0 aromatic carbocycles. The summed E-state index contributed by atoms with van der Waals surface area (Å²) in [5, 5.41) is 14.6. The van der Waals surface area contributed by atoms with E-state index in [1.54, 1.807) is 0 Å². The van der Waals surface area contributed by atoms with Gasteiger partial charge in [0, 0.05) is 12.6 Å². The predicted octanol–water partition coefficient (Wildman–Crippen LogP) is 1.68. The number of carbonyl (C=O) groups excluding carboxylic acids is 1. The van der Waals surface area contributed by atoms with Gasteiger partial charge in [-0.05, 0) is 6.42 Å². The number of aromatic carboxylic acids is 1. The van der Waals surface area contributed by atoms with Crippen molar-refractivity contribution in [3.05, 3.63) is 17.5 Å². The fraction of sp³-hybridized carbons (Fsp3) is 0.545. The Morgan fingerprint density at radius 1 is 1.41 bits per heavy atom. The first-order valence-corrected chi connectivity index (χ1v) is 5.63. The second-order valence-electron chi connectivity index (χ2n) is 3.70. The highest BCUT2D eigenvalue weighted by Crippen LogP contribution is 2.03. The van der Waals surface area contributed by atoms with E-state index in [4.69, 9.17) is 5.11 Å². The molecule has 1 aromatic rings. The SMILES string of the molecule is CCCCCCNC(=O)c1cc(C(=O)O)on1. The van der Waals surface area contributed by atoms with Crippen LogP contribution in [0.25, 0.3) is 0 Å². The highest BCUT2D eigenvalue weighted by Gasteiger charge is 2.15. The molecule has 0 saturated carbocycles. The molecule has 0 aliphatic heterocycles. The van der Waals surface area contributed by atoms with Crippen molar-refractivity contribution in [3.63, 3.8) is 0 Å². The zero-order valence-electron chi connectivity index (χ0n) is 9.73. The van der Waals surface area contributed by atoms with E-state index in [1.807, 2.05) is 0 Å². The van der Waals surface area contributed by atoms with E-state index in [0.717, 1.165) is 31.7 Å². The normalized spacial score (nSPS) is 10.2. The lowest BCUT2D eigenvalue weighted by Gasteiger charge is -2.01. The Morgan fingerprint density at radius 2 is 2.18 bits per heavy atom. The van der Waals surface area contributed by atoms with Crippen LogP contribution in [0, 0.1) is 0 Å². The van der Waals surface area contributed by atoms with E-state index in [0.29, 0.717) is 6.54 Å². The molecule has 0 fully saturated rings. The topological polar surface area (TPSA) is 92.4 Å². The van der Waals surface area contributed by atoms with Crippen LogP contribution in [0.3, 0.4) is 0 Å². The average molecular weight is 240 g/mol. The first kappa shape index (κ1) is 13.2. The summed E-state index contributed by atoms with van der Waals surface area (Å²) in [7, 11) is 0. The number of unbranched alkanes of at least 4 members (excludes halogenated alkanes) is 3. The average Bonchev–Trinajstić information content (AvgIpc) is 2.78. The van der Waals surface area contributed by atoms with E-state index in [-0.39, 0.29) is 11.5 Å². The molecule has 0 radical (unpaired) electrons. The summed E-state index contributed by atoms with van der Waals surface area (Å²) in [6.45, 7) is 2.68. The number of hydrogen-bond acceptors (Lipinski definition) is 4. The Hall–Kier alpha value is -1.85. The summed E-state index contributed by atoms with van der Waals surface area (Å²) < 4.78 is 4.48. The minimum atomic E-state index is -1.24. The molecule has 0 spiro atoms. The van der Waals surface area contributed by atoms with Gasteiger partial charge in [0.15, 0.2) is 5.69 Å². The van der Waals surface area contributed by atoms with E-state index in [9.17, 15) is 9.59 Å². The molecule has 1 heterocycles. The fourth-order valence-corrected chi connectivity index (χ4v) is 1.33. The molecule has 17 heavy (non-hydrogen) atoms. The number of nitrogens with one attached hydrogen (secondary N) is 1. The largest absolute Gasteiger partial charge is 0.475 e. The molecule has 0 aliphatic rings. The molecule has 0 aliphatic carbocycles. The minimum Gasteiger partial charge on any atom is -0.475 e. The molecule has 6 heteroatoms. The molecule has 6 nitrogen and oxygen atoms in total. The van der Waals surface area contributed by atoms with Crippen molar-refractivity contribution in [2.45, 2.75) is 32.6 Å². The number of rotatable bonds is 7. The third-order valence-corrected chi connectivity index (χ3v) is 2.27. The Morgan fingerprint density at radius 3 is 2.76 bits per heavy atom. The van der Waals surface area contributed by atoms with E-state index in [2.05, 4.69) is 21.9 Å². The summed E-state index contributed by atoms with van der Waals surface area (Å²) in [6.07, 6.45) is 4.25. The van der Waals surface area contributed by atoms with Gasteiger partial charge in [-0.25, -0.2) is 4.79 Å². The number of amides is 1. The molecule has 0 unspecified atom stereocenters. The molecule has 0 bridgehead atoms. The minimum absolute atomic E-state index is 0.00195. The third kappa shape index (κ3) is 4.26. The van der Waals surface area contributed by atoms with Crippen LogP contribution in [0.5, 0.6) is 0 Å². The monoisotopic (exact) mass is 240 g/mol. The Balaban J connectivity index is 2.34. The number of nitrogens with zero attached hydrogens (tertiary/aromatic N) is 1. The van der Waals surface area contributed by atoms with Crippen molar-refractivity contribution in [1.29, 1.82) is 0 Å². The smallest absolute Gasteiger partial charge is 0.374 e. The van der Waals surface area contributed by atoms with Crippen LogP contribution in [-0.4, -0.2) is 28.7 Å². The van der Waals surface area contributed by atoms with Crippen LogP contribution in [0.1, 0.15) is 53.7 Å². The van der Waals surface area contributed by atoms with Crippen LogP contribution in [0.2, 0.25) is 0 Å². The van der Waals surface area contributed by atoms with Crippen LogP contribution < -0.4 is 5.32 Å². The first-order valence-electron chi connectivity index (χ1n) is 5.63. The molecule has 1 rings (SSSR count). The number of carboxylic acid groups (broad SMARTS) is 1. The van der Waals surface area contributed by atoms with Crippen molar-refractivity contribution in [2.24, 2.45) is 0 Å². The van der Waals surface area contributed by atoms with Gasteiger partial charge < -0.3 is 14.9 Å². The van der Waals surface area contributed by atoms with Gasteiger partial charge in [-0.1, -0.05) is 31.3 Å². The highest BCUT2D eigenvalue weighted by atomic mass is 16.5. The number of carboxylic acids is 1. The highest BCUT2D eigenvalue weighted by molar-refractivity contribution is 5.94. The lowest BCUT2D eigenvalue weighted by atomic mass is 10.2. The third-order valence-electron chi connectivity index (χ3n) is 2.27. The molecule has 94 valence electrons. The van der Waals surface area contributed by atoms with Crippen molar-refractivity contribution >= 4 is 11.9 Å². The van der Waals surface area contributed by atoms with Crippen LogP contribution in [0.4, 0.5) is 0 Å². The first-order chi connectivity index (χ1) is 8.15. The van der Waals surface area contributed by atoms with Crippen LogP contribution in [-0.2, 0) is 0 Å². The van der Waals surface area contributed by atoms with Gasteiger partial charge in [-0.15, -0.1) is 0 Å². The summed E-state index contributed by atoms with van der Waals surface area (Å²) in [5.74, 6) is -1.97. The number of hydrogen-bond donors (Lipinski definition) is 2. The molecular formula is C11H16N2O4. The summed E-state index contributed by atoms with van der Waals surface area (Å²) in [6, 6.07) is 1.11. The van der Waals surface area contributed by atoms with Crippen LogP contribution in [0.15, 0.2) is 10.6 Å². The Labute approximate surface area is 99.0 Å². The molecule has 0 atom stereocenters. The van der Waals surface area contributed by atoms with Crippen molar-refractivity contribution in [2.75, 3.05) is 6.54 Å². The van der Waals surface area contributed by atoms with Crippen molar-refractivity contribution in [1.82, 2.24) is 10.5 Å². The molecule has 2 N–H and O–H groups in total. The second-order valence-corrected chi connectivity index (χ2v) is 3.70. The molecule has 1 aromatic heterocycles. The quantitative estimate of drug-likeness (QED) is 0.707. The Bertz CT molecular complexity index is 387. The van der Waals surface area contributed by atoms with Gasteiger partial charge >= 0.3 is 5.97 Å². The van der Waals surface area contributed by atoms with Crippen LogP contribution >= 0.6 is 0 Å². The van der Waals surface area contributed by atoms with Gasteiger partial charge in [0.05, 0.1) is 0 Å². The van der Waals surface area contributed by atoms with Crippen molar-refractivity contribution in [3.8, 4) is 0 Å². The maximum Gasteiger partial charge on any atom is 0.374 e. The predicted molar refractivity (Wildman–Crippen MR) is 59.9 cm³/mol. The lowest BCUT2D eigenvalue weighted by molar-refractivity contribution is 0.0651. The van der Waals surface area contributed by atoms with Gasteiger partial charge in [-0.3, -0.25) is 4.79 Å². The van der Waals surface area contributed by atoms with E-state index >= 15 is 0 Å².